The van der Waals surface area contributed by atoms with Crippen LogP contribution in [0.4, 0.5) is 0 Å². The number of likely N-dealkylation sites (tertiary alicyclic amines) is 1. The van der Waals surface area contributed by atoms with Gasteiger partial charge in [0.2, 0.25) is 5.91 Å². The Bertz CT molecular complexity index is 371. The summed E-state index contributed by atoms with van der Waals surface area (Å²) in [5.41, 5.74) is 0. The molecule has 0 aromatic carbocycles. The first-order chi connectivity index (χ1) is 11.8. The van der Waals surface area contributed by atoms with Crippen LogP contribution in [0.15, 0.2) is 0 Å². The molecule has 0 spiro atoms. The lowest BCUT2D eigenvalue weighted by atomic mass is 9.92. The molecule has 0 bridgehead atoms. The molecule has 1 N–H and O–H groups in total. The lowest BCUT2D eigenvalue weighted by Gasteiger charge is -2.32. The number of amides is 1. The Labute approximate surface area is 146 Å². The van der Waals surface area contributed by atoms with Crippen LogP contribution in [-0.2, 0) is 14.3 Å². The second-order valence-electron chi connectivity index (χ2n) is 7.67. The molecule has 0 aromatic heterocycles. The Morgan fingerprint density at radius 3 is 2.54 bits per heavy atom. The molecule has 3 aliphatic rings. The zero-order valence-corrected chi connectivity index (χ0v) is 15.0. The Morgan fingerprint density at radius 2 is 1.83 bits per heavy atom. The fourth-order valence-electron chi connectivity index (χ4n) is 4.17. The fourth-order valence-corrected chi connectivity index (χ4v) is 4.17. The minimum atomic E-state index is 0.219. The Balaban J connectivity index is 1.25. The van der Waals surface area contributed by atoms with Crippen LogP contribution in [0.25, 0.3) is 0 Å². The monoisotopic (exact) mass is 338 g/mol. The van der Waals surface area contributed by atoms with Crippen LogP contribution in [0.2, 0.25) is 0 Å². The van der Waals surface area contributed by atoms with E-state index in [-0.39, 0.29) is 5.92 Å². The van der Waals surface area contributed by atoms with Crippen LogP contribution < -0.4 is 5.32 Å². The quantitative estimate of drug-likeness (QED) is 0.724. The standard InChI is InChI=1S/C19H34N2O3/c22-19(20-17-5-2-1-3-6-17)16-8-10-21(11-9-16)12-14-23-15-18-7-4-13-24-18/h16-18H,1-15H2,(H,20,22)/t18-/m0/s1. The molecule has 2 aliphatic heterocycles. The van der Waals surface area contributed by atoms with Crippen LogP contribution in [0.3, 0.4) is 0 Å². The lowest BCUT2D eigenvalue weighted by Crippen LogP contribution is -2.45. The summed E-state index contributed by atoms with van der Waals surface area (Å²) in [6, 6.07) is 0.440. The van der Waals surface area contributed by atoms with Crippen LogP contribution >= 0.6 is 0 Å². The minimum absolute atomic E-state index is 0.219. The van der Waals surface area contributed by atoms with Crippen molar-refractivity contribution in [3.8, 4) is 0 Å². The number of nitrogens with zero attached hydrogens (tertiary/aromatic N) is 1. The van der Waals surface area contributed by atoms with Gasteiger partial charge < -0.3 is 19.7 Å². The van der Waals surface area contributed by atoms with Gasteiger partial charge in [-0.15, -0.1) is 0 Å². The van der Waals surface area contributed by atoms with Crippen molar-refractivity contribution < 1.29 is 14.3 Å². The molecule has 138 valence electrons. The highest BCUT2D eigenvalue weighted by Gasteiger charge is 2.26. The molecule has 3 fully saturated rings. The van der Waals surface area contributed by atoms with Crippen molar-refractivity contribution in [3.05, 3.63) is 0 Å². The summed E-state index contributed by atoms with van der Waals surface area (Å²) in [6.45, 7) is 5.42. The highest BCUT2D eigenvalue weighted by Crippen LogP contribution is 2.21. The van der Waals surface area contributed by atoms with E-state index in [2.05, 4.69) is 10.2 Å². The van der Waals surface area contributed by atoms with Gasteiger partial charge in [-0.05, 0) is 51.6 Å². The Morgan fingerprint density at radius 1 is 1.04 bits per heavy atom. The van der Waals surface area contributed by atoms with E-state index < -0.39 is 0 Å². The number of rotatable bonds is 7. The van der Waals surface area contributed by atoms with E-state index in [1.807, 2.05) is 0 Å². The fraction of sp³-hybridized carbons (Fsp3) is 0.947. The van der Waals surface area contributed by atoms with Gasteiger partial charge >= 0.3 is 0 Å². The van der Waals surface area contributed by atoms with Gasteiger partial charge in [-0.2, -0.15) is 0 Å². The van der Waals surface area contributed by atoms with Crippen molar-refractivity contribution in [1.29, 1.82) is 0 Å². The number of hydrogen-bond acceptors (Lipinski definition) is 4. The normalized spacial score (nSPS) is 27.4. The van der Waals surface area contributed by atoms with Crippen molar-refractivity contribution in [1.82, 2.24) is 10.2 Å². The van der Waals surface area contributed by atoms with Gasteiger partial charge in [0.25, 0.3) is 0 Å². The molecule has 5 nitrogen and oxygen atoms in total. The molecule has 0 aromatic rings. The number of hydrogen-bond donors (Lipinski definition) is 1. The third kappa shape index (κ3) is 5.71. The largest absolute Gasteiger partial charge is 0.377 e. The molecule has 0 radical (unpaired) electrons. The molecule has 2 saturated heterocycles. The van der Waals surface area contributed by atoms with Gasteiger partial charge in [0, 0.05) is 25.1 Å². The number of carbonyl (C=O) groups is 1. The molecule has 1 atom stereocenters. The summed E-state index contributed by atoms with van der Waals surface area (Å²) in [6.07, 6.45) is 10.8. The van der Waals surface area contributed by atoms with E-state index in [0.29, 0.717) is 18.1 Å². The van der Waals surface area contributed by atoms with E-state index in [1.165, 1.54) is 38.5 Å². The summed E-state index contributed by atoms with van der Waals surface area (Å²) in [4.78, 5) is 14.8. The zero-order valence-electron chi connectivity index (χ0n) is 15.0. The zero-order chi connectivity index (χ0) is 16.6. The Kier molecular flexibility index (Phi) is 7.36. The topological polar surface area (TPSA) is 50.8 Å². The molecule has 1 amide bonds. The smallest absolute Gasteiger partial charge is 0.223 e. The second kappa shape index (κ2) is 9.73. The second-order valence-corrected chi connectivity index (χ2v) is 7.67. The van der Waals surface area contributed by atoms with E-state index in [9.17, 15) is 4.79 Å². The van der Waals surface area contributed by atoms with E-state index in [4.69, 9.17) is 9.47 Å². The predicted octanol–water partition coefficient (Wildman–Crippen LogP) is 2.34. The van der Waals surface area contributed by atoms with E-state index >= 15 is 0 Å². The van der Waals surface area contributed by atoms with Gasteiger partial charge in [0.15, 0.2) is 0 Å². The first-order valence-electron chi connectivity index (χ1n) is 10.0. The van der Waals surface area contributed by atoms with Crippen molar-refractivity contribution in [2.75, 3.05) is 39.5 Å². The number of carbonyl (C=O) groups excluding carboxylic acids is 1. The van der Waals surface area contributed by atoms with Gasteiger partial charge in [-0.25, -0.2) is 0 Å². The van der Waals surface area contributed by atoms with Crippen molar-refractivity contribution in [2.24, 2.45) is 5.92 Å². The number of piperidine rings is 1. The summed E-state index contributed by atoms with van der Waals surface area (Å²) >= 11 is 0. The molecule has 24 heavy (non-hydrogen) atoms. The molecule has 3 rings (SSSR count). The van der Waals surface area contributed by atoms with Gasteiger partial charge in [-0.1, -0.05) is 19.3 Å². The average Bonchev–Trinajstić information content (AvgIpc) is 3.13. The predicted molar refractivity (Wildman–Crippen MR) is 94.0 cm³/mol. The van der Waals surface area contributed by atoms with Gasteiger partial charge in [0.1, 0.15) is 0 Å². The number of ether oxygens (including phenoxy) is 2. The maximum Gasteiger partial charge on any atom is 0.223 e. The van der Waals surface area contributed by atoms with Crippen molar-refractivity contribution in [3.63, 3.8) is 0 Å². The highest BCUT2D eigenvalue weighted by atomic mass is 16.5. The van der Waals surface area contributed by atoms with Crippen LogP contribution in [-0.4, -0.2) is 62.4 Å². The first kappa shape index (κ1) is 18.2. The third-order valence-corrected chi connectivity index (χ3v) is 5.79. The molecule has 0 unspecified atom stereocenters. The summed E-state index contributed by atoms with van der Waals surface area (Å²) in [5.74, 6) is 0.521. The molecule has 5 heteroatoms. The van der Waals surface area contributed by atoms with E-state index in [0.717, 1.165) is 58.7 Å². The summed E-state index contributed by atoms with van der Waals surface area (Å²) in [5, 5.41) is 3.29. The molecule has 1 saturated carbocycles. The maximum atomic E-state index is 12.4. The average molecular weight is 338 g/mol. The van der Waals surface area contributed by atoms with E-state index in [1.54, 1.807) is 0 Å². The van der Waals surface area contributed by atoms with Crippen molar-refractivity contribution >= 4 is 5.91 Å². The SMILES string of the molecule is O=C(NC1CCCCC1)C1CCN(CCOC[C@@H]2CCCO2)CC1. The van der Waals surface area contributed by atoms with Crippen LogP contribution in [0.5, 0.6) is 0 Å². The molecule has 2 heterocycles. The molecular weight excluding hydrogens is 304 g/mol. The maximum absolute atomic E-state index is 12.4. The van der Waals surface area contributed by atoms with Gasteiger partial charge in [0.05, 0.1) is 19.3 Å². The van der Waals surface area contributed by atoms with Crippen LogP contribution in [0, 0.1) is 5.92 Å². The first-order valence-corrected chi connectivity index (χ1v) is 10.0. The van der Waals surface area contributed by atoms with Crippen molar-refractivity contribution in [2.45, 2.75) is 69.9 Å². The van der Waals surface area contributed by atoms with Crippen LogP contribution in [0.1, 0.15) is 57.8 Å². The lowest BCUT2D eigenvalue weighted by molar-refractivity contribution is -0.127. The Hall–Kier alpha value is -0.650. The number of nitrogens with one attached hydrogen (secondary N) is 1. The summed E-state index contributed by atoms with van der Waals surface area (Å²) < 4.78 is 11.3. The minimum Gasteiger partial charge on any atom is -0.377 e. The molecular formula is C19H34N2O3. The third-order valence-electron chi connectivity index (χ3n) is 5.79. The molecule has 1 aliphatic carbocycles. The van der Waals surface area contributed by atoms with Gasteiger partial charge in [-0.3, -0.25) is 4.79 Å². The highest BCUT2D eigenvalue weighted by molar-refractivity contribution is 5.79. The summed E-state index contributed by atoms with van der Waals surface area (Å²) in [7, 11) is 0.